The van der Waals surface area contributed by atoms with Crippen LogP contribution in [0.2, 0.25) is 0 Å². The van der Waals surface area contributed by atoms with Crippen LogP contribution in [0, 0.1) is 13.8 Å². The summed E-state index contributed by atoms with van der Waals surface area (Å²) in [6.45, 7) is 13.8. The minimum atomic E-state index is -1.27. The smallest absolute Gasteiger partial charge is 0.408 e. The van der Waals surface area contributed by atoms with E-state index >= 15 is 0 Å². The molecule has 0 aliphatic carbocycles. The van der Waals surface area contributed by atoms with Gasteiger partial charge in [-0.05, 0) is 64.2 Å². The predicted molar refractivity (Wildman–Crippen MR) is 149 cm³/mol. The number of primary amides is 1. The number of hydrogen-bond acceptors (Lipinski definition) is 5. The SMILES string of the molecule is CCCCCNC(=O)C(c1c(C)cccc1C)N(CCCCC)C(=O)C(CC(N)=O)NC(=O)OC(C)(C)C. The molecule has 0 heterocycles. The van der Waals surface area contributed by atoms with Gasteiger partial charge in [0.15, 0.2) is 0 Å². The third-order valence-corrected chi connectivity index (χ3v) is 6.14. The van der Waals surface area contributed by atoms with Crippen molar-refractivity contribution in [3.05, 3.63) is 34.9 Å². The van der Waals surface area contributed by atoms with Crippen LogP contribution in [0.3, 0.4) is 0 Å². The van der Waals surface area contributed by atoms with Crippen molar-refractivity contribution in [2.24, 2.45) is 5.73 Å². The number of nitrogens with two attached hydrogens (primary N) is 1. The molecule has 0 aliphatic rings. The molecule has 0 aliphatic heterocycles. The first kappa shape index (κ1) is 32.9. The molecule has 4 N–H and O–H groups in total. The molecule has 214 valence electrons. The molecule has 9 heteroatoms. The second-order valence-corrected chi connectivity index (χ2v) is 10.8. The molecule has 1 aromatic carbocycles. The molecular weight excluding hydrogens is 484 g/mol. The van der Waals surface area contributed by atoms with Crippen LogP contribution in [0.1, 0.15) is 102 Å². The number of nitrogens with zero attached hydrogens (tertiary/aromatic N) is 1. The lowest BCUT2D eigenvalue weighted by atomic mass is 9.93. The number of nitrogens with one attached hydrogen (secondary N) is 2. The Morgan fingerprint density at radius 2 is 1.55 bits per heavy atom. The minimum Gasteiger partial charge on any atom is -0.444 e. The molecule has 38 heavy (non-hydrogen) atoms. The number of amides is 4. The minimum absolute atomic E-state index is 0.277. The first-order valence-electron chi connectivity index (χ1n) is 13.7. The van der Waals surface area contributed by atoms with Crippen molar-refractivity contribution in [2.75, 3.05) is 13.1 Å². The highest BCUT2D eigenvalue weighted by molar-refractivity contribution is 5.94. The van der Waals surface area contributed by atoms with E-state index in [9.17, 15) is 19.2 Å². The Bertz CT molecular complexity index is 921. The lowest BCUT2D eigenvalue weighted by Gasteiger charge is -2.35. The molecule has 0 aromatic heterocycles. The van der Waals surface area contributed by atoms with Gasteiger partial charge in [-0.15, -0.1) is 0 Å². The van der Waals surface area contributed by atoms with E-state index in [2.05, 4.69) is 24.5 Å². The topological polar surface area (TPSA) is 131 Å². The first-order valence-corrected chi connectivity index (χ1v) is 13.7. The number of benzene rings is 1. The molecule has 2 atom stereocenters. The van der Waals surface area contributed by atoms with Crippen LogP contribution < -0.4 is 16.4 Å². The van der Waals surface area contributed by atoms with E-state index in [1.807, 2.05) is 32.0 Å². The van der Waals surface area contributed by atoms with Gasteiger partial charge in [-0.3, -0.25) is 14.4 Å². The Balaban J connectivity index is 3.54. The number of rotatable bonds is 15. The summed E-state index contributed by atoms with van der Waals surface area (Å²) in [5.74, 6) is -1.60. The Labute approximate surface area is 228 Å². The Morgan fingerprint density at radius 3 is 2.08 bits per heavy atom. The van der Waals surface area contributed by atoms with Crippen LogP contribution in [0.15, 0.2) is 18.2 Å². The lowest BCUT2D eigenvalue weighted by molar-refractivity contribution is -0.143. The van der Waals surface area contributed by atoms with Crippen molar-refractivity contribution in [3.8, 4) is 0 Å². The van der Waals surface area contributed by atoms with Crippen molar-refractivity contribution in [1.82, 2.24) is 15.5 Å². The molecule has 1 aromatic rings. The molecule has 4 amide bonds. The van der Waals surface area contributed by atoms with E-state index in [0.717, 1.165) is 48.8 Å². The van der Waals surface area contributed by atoms with E-state index in [4.69, 9.17) is 10.5 Å². The highest BCUT2D eigenvalue weighted by Gasteiger charge is 2.37. The lowest BCUT2D eigenvalue weighted by Crippen LogP contribution is -2.54. The molecule has 1 rings (SSSR count). The molecule has 0 spiro atoms. The number of ether oxygens (including phenoxy) is 1. The molecule has 0 fully saturated rings. The molecule has 0 bridgehead atoms. The van der Waals surface area contributed by atoms with E-state index in [1.54, 1.807) is 20.8 Å². The number of alkyl carbamates (subject to hydrolysis) is 1. The second-order valence-electron chi connectivity index (χ2n) is 10.8. The number of carbonyl (C=O) groups is 4. The van der Waals surface area contributed by atoms with Crippen molar-refractivity contribution in [3.63, 3.8) is 0 Å². The number of unbranched alkanes of at least 4 members (excludes halogenated alkanes) is 4. The zero-order valence-corrected chi connectivity index (χ0v) is 24.3. The fourth-order valence-electron chi connectivity index (χ4n) is 4.32. The fraction of sp³-hybridized carbons (Fsp3) is 0.655. The molecule has 2 unspecified atom stereocenters. The van der Waals surface area contributed by atoms with Gasteiger partial charge in [0.2, 0.25) is 17.7 Å². The normalized spacial score (nSPS) is 12.8. The summed E-state index contributed by atoms with van der Waals surface area (Å²) in [6, 6.07) is 3.53. The third kappa shape index (κ3) is 11.1. The van der Waals surface area contributed by atoms with Crippen molar-refractivity contribution >= 4 is 23.8 Å². The largest absolute Gasteiger partial charge is 0.444 e. The van der Waals surface area contributed by atoms with Crippen LogP contribution in [-0.2, 0) is 19.1 Å². The zero-order chi connectivity index (χ0) is 28.9. The van der Waals surface area contributed by atoms with Gasteiger partial charge in [0.1, 0.15) is 17.7 Å². The number of aryl methyl sites for hydroxylation is 2. The predicted octanol–water partition coefficient (Wildman–Crippen LogP) is 4.44. The summed E-state index contributed by atoms with van der Waals surface area (Å²) in [7, 11) is 0. The third-order valence-electron chi connectivity index (χ3n) is 6.14. The Morgan fingerprint density at radius 1 is 0.974 bits per heavy atom. The van der Waals surface area contributed by atoms with E-state index < -0.39 is 42.0 Å². The molecule has 9 nitrogen and oxygen atoms in total. The van der Waals surface area contributed by atoms with E-state index in [1.165, 1.54) is 4.90 Å². The summed E-state index contributed by atoms with van der Waals surface area (Å²) in [6.07, 6.45) is 4.00. The number of hydrogen-bond donors (Lipinski definition) is 3. The van der Waals surface area contributed by atoms with Crippen LogP contribution in [-0.4, -0.2) is 53.4 Å². The fourth-order valence-corrected chi connectivity index (χ4v) is 4.32. The molecule has 0 saturated heterocycles. The van der Waals surface area contributed by atoms with Gasteiger partial charge in [0.05, 0.1) is 6.42 Å². The maximum Gasteiger partial charge on any atom is 0.408 e. The summed E-state index contributed by atoms with van der Waals surface area (Å²) in [5, 5.41) is 5.54. The van der Waals surface area contributed by atoms with Crippen molar-refractivity contribution < 1.29 is 23.9 Å². The highest BCUT2D eigenvalue weighted by Crippen LogP contribution is 2.29. The summed E-state index contributed by atoms with van der Waals surface area (Å²) in [4.78, 5) is 53.8. The zero-order valence-electron chi connectivity index (χ0n) is 24.3. The van der Waals surface area contributed by atoms with Gasteiger partial charge < -0.3 is 26.0 Å². The van der Waals surface area contributed by atoms with Gasteiger partial charge in [-0.1, -0.05) is 57.7 Å². The maximum atomic E-state index is 14.1. The Kier molecular flexibility index (Phi) is 13.9. The summed E-state index contributed by atoms with van der Waals surface area (Å²) >= 11 is 0. The average Bonchev–Trinajstić information content (AvgIpc) is 2.80. The van der Waals surface area contributed by atoms with Gasteiger partial charge in [0.25, 0.3) is 0 Å². The second kappa shape index (κ2) is 16.0. The van der Waals surface area contributed by atoms with Crippen LogP contribution in [0.5, 0.6) is 0 Å². The van der Waals surface area contributed by atoms with E-state index in [0.29, 0.717) is 13.0 Å². The van der Waals surface area contributed by atoms with Crippen molar-refractivity contribution in [2.45, 2.75) is 111 Å². The van der Waals surface area contributed by atoms with E-state index in [-0.39, 0.29) is 12.5 Å². The standard InChI is InChI=1S/C29H48N4O5/c1-8-10-12-17-31-26(35)25(24-20(3)15-14-16-21(24)4)33(18-13-11-9-2)27(36)22(19-23(30)34)32-28(37)38-29(5,6)7/h14-16,22,25H,8-13,17-19H2,1-7H3,(H2,30,34)(H,31,35)(H,32,37). The molecule has 0 radical (unpaired) electrons. The van der Waals surface area contributed by atoms with Crippen molar-refractivity contribution in [1.29, 1.82) is 0 Å². The summed E-state index contributed by atoms with van der Waals surface area (Å²) in [5.41, 5.74) is 7.15. The highest BCUT2D eigenvalue weighted by atomic mass is 16.6. The van der Waals surface area contributed by atoms with Gasteiger partial charge in [-0.25, -0.2) is 4.79 Å². The van der Waals surface area contributed by atoms with Gasteiger partial charge in [-0.2, -0.15) is 0 Å². The van der Waals surface area contributed by atoms with Crippen LogP contribution >= 0.6 is 0 Å². The summed E-state index contributed by atoms with van der Waals surface area (Å²) < 4.78 is 5.33. The molecule has 0 saturated carbocycles. The van der Waals surface area contributed by atoms with Gasteiger partial charge >= 0.3 is 6.09 Å². The van der Waals surface area contributed by atoms with Crippen LogP contribution in [0.25, 0.3) is 0 Å². The Hall–Kier alpha value is -3.10. The monoisotopic (exact) mass is 532 g/mol. The average molecular weight is 533 g/mol. The first-order chi connectivity index (χ1) is 17.8. The van der Waals surface area contributed by atoms with Crippen LogP contribution in [0.4, 0.5) is 4.79 Å². The maximum absolute atomic E-state index is 14.1. The number of carbonyl (C=O) groups excluding carboxylic acids is 4. The molecular formula is C29H48N4O5. The van der Waals surface area contributed by atoms with Gasteiger partial charge in [0, 0.05) is 13.1 Å². The quantitative estimate of drug-likeness (QED) is 0.288.